The first-order chi connectivity index (χ1) is 18.8. The van der Waals surface area contributed by atoms with Gasteiger partial charge < -0.3 is 24.6 Å². The maximum Gasteiger partial charge on any atom is 0.315 e. The topological polar surface area (TPSA) is 139 Å². The Labute approximate surface area is 232 Å². The normalized spacial score (nSPS) is 14.5. The molecule has 2 aromatic rings. The summed E-state index contributed by atoms with van der Waals surface area (Å²) in [5.74, 6) is 0.556. The highest BCUT2D eigenvalue weighted by Crippen LogP contribution is 2.33. The molecule has 3 N–H and O–H groups in total. The molecular weight excluding hydrogens is 524 g/mol. The molecule has 1 amide bonds. The van der Waals surface area contributed by atoms with Crippen LogP contribution < -0.4 is 20.2 Å². The van der Waals surface area contributed by atoms with Gasteiger partial charge in [-0.2, -0.15) is 0 Å². The highest BCUT2D eigenvalue weighted by atomic mass is 32.2. The van der Waals surface area contributed by atoms with E-state index in [2.05, 4.69) is 15.7 Å². The summed E-state index contributed by atoms with van der Waals surface area (Å²) in [4.78, 5) is 40.3. The number of Topliss-reactive ketones (excluding diaryl/α,β-unsaturated/α-hetero) is 1. The molecule has 39 heavy (non-hydrogen) atoms. The zero-order valence-corrected chi connectivity index (χ0v) is 23.1. The molecule has 0 spiro atoms. The van der Waals surface area contributed by atoms with E-state index in [0.29, 0.717) is 47.8 Å². The van der Waals surface area contributed by atoms with E-state index in [9.17, 15) is 19.5 Å². The predicted octanol–water partition coefficient (Wildman–Crippen LogP) is 3.35. The van der Waals surface area contributed by atoms with Crippen LogP contribution in [0.25, 0.3) is 0 Å². The minimum absolute atomic E-state index is 0.0159. The van der Waals surface area contributed by atoms with Crippen LogP contribution in [0.5, 0.6) is 17.2 Å². The number of carbonyl (C=O) groups excluding carboxylic acids is 3. The number of hydrogen-bond donors (Lipinski definition) is 3. The third kappa shape index (κ3) is 8.89. The zero-order chi connectivity index (χ0) is 28.2. The van der Waals surface area contributed by atoms with E-state index >= 15 is 0 Å². The molecule has 1 atom stereocenters. The van der Waals surface area contributed by atoms with Crippen molar-refractivity contribution in [1.82, 2.24) is 15.2 Å². The Bertz CT molecular complexity index is 1170. The largest absolute Gasteiger partial charge is 0.507 e. The molecule has 0 saturated carbocycles. The first-order valence-corrected chi connectivity index (χ1v) is 13.5. The van der Waals surface area contributed by atoms with E-state index < -0.39 is 24.6 Å². The number of hydrazine groups is 1. The number of phenols is 1. The van der Waals surface area contributed by atoms with Crippen LogP contribution in [0, 0.1) is 0 Å². The molecule has 210 valence electrons. The zero-order valence-electron chi connectivity index (χ0n) is 22.3. The molecule has 1 aliphatic heterocycles. The molecule has 0 radical (unpaired) electrons. The van der Waals surface area contributed by atoms with E-state index in [1.807, 2.05) is 6.92 Å². The quantitative estimate of drug-likeness (QED) is 0.0980. The van der Waals surface area contributed by atoms with Crippen molar-refractivity contribution >= 4 is 35.9 Å². The Morgan fingerprint density at radius 2 is 1.95 bits per heavy atom. The van der Waals surface area contributed by atoms with Crippen molar-refractivity contribution < 1.29 is 33.7 Å². The molecule has 1 heterocycles. The van der Waals surface area contributed by atoms with Gasteiger partial charge in [0.2, 0.25) is 12.2 Å². The second kappa shape index (κ2) is 15.0. The number of esters is 1. The standard InChI is InChI=1S/C27H34N4O7S/c1-4-6-22-23(12-11-21(18(2)32)26(22)35)37-13-5-14-39-31-27(28-17-29-31)30-24(33)15-25(34)38-16-19-7-9-20(36-3)10-8-19/h7-12,17,27,35H,4-6,13-16H2,1-3H3,(H,28,29)(H,30,33). The molecule has 1 aliphatic rings. The Hall–Kier alpha value is -3.77. The summed E-state index contributed by atoms with van der Waals surface area (Å²) < 4.78 is 17.8. The first kappa shape index (κ1) is 29.8. The summed E-state index contributed by atoms with van der Waals surface area (Å²) in [5.41, 5.74) is 4.65. The lowest BCUT2D eigenvalue weighted by atomic mass is 10.0. The maximum absolute atomic E-state index is 12.3. The van der Waals surface area contributed by atoms with E-state index in [4.69, 9.17) is 14.2 Å². The minimum atomic E-state index is -0.676. The third-order valence-corrected chi connectivity index (χ3v) is 6.73. The van der Waals surface area contributed by atoms with Gasteiger partial charge in [-0.15, -0.1) is 4.41 Å². The van der Waals surface area contributed by atoms with Crippen molar-refractivity contribution in [3.63, 3.8) is 0 Å². The smallest absolute Gasteiger partial charge is 0.315 e. The maximum atomic E-state index is 12.3. The lowest BCUT2D eigenvalue weighted by molar-refractivity contribution is -0.147. The number of methoxy groups -OCH3 is 1. The summed E-state index contributed by atoms with van der Waals surface area (Å²) in [6.45, 7) is 3.87. The Morgan fingerprint density at radius 3 is 2.64 bits per heavy atom. The van der Waals surface area contributed by atoms with Crippen molar-refractivity contribution in [3.05, 3.63) is 53.1 Å². The van der Waals surface area contributed by atoms with Gasteiger partial charge in [0, 0.05) is 11.3 Å². The number of nitrogens with one attached hydrogen (secondary N) is 2. The molecule has 0 aliphatic carbocycles. The monoisotopic (exact) mass is 558 g/mol. The van der Waals surface area contributed by atoms with Crippen molar-refractivity contribution in [2.75, 3.05) is 19.5 Å². The molecular formula is C27H34N4O7S. The van der Waals surface area contributed by atoms with Crippen LogP contribution >= 0.6 is 11.9 Å². The molecule has 3 rings (SSSR count). The van der Waals surface area contributed by atoms with Gasteiger partial charge in [0.25, 0.3) is 0 Å². The van der Waals surface area contributed by atoms with Crippen molar-refractivity contribution in [2.45, 2.75) is 52.4 Å². The number of hydrogen-bond acceptors (Lipinski definition) is 11. The first-order valence-electron chi connectivity index (χ1n) is 12.6. The van der Waals surface area contributed by atoms with Crippen LogP contribution in [-0.4, -0.2) is 59.3 Å². The van der Waals surface area contributed by atoms with Crippen molar-refractivity contribution in [1.29, 1.82) is 0 Å². The average molecular weight is 559 g/mol. The summed E-state index contributed by atoms with van der Waals surface area (Å²) >= 11 is 1.40. The second-order valence-electron chi connectivity index (χ2n) is 8.64. The van der Waals surface area contributed by atoms with Gasteiger partial charge >= 0.3 is 5.97 Å². The van der Waals surface area contributed by atoms with E-state index in [-0.39, 0.29) is 18.1 Å². The molecule has 0 saturated heterocycles. The number of benzene rings is 2. The highest BCUT2D eigenvalue weighted by molar-refractivity contribution is 7.97. The number of phenolic OH excluding ortho intramolecular Hbond substituents is 1. The van der Waals surface area contributed by atoms with Crippen LogP contribution in [0.2, 0.25) is 0 Å². The van der Waals surface area contributed by atoms with Gasteiger partial charge in [-0.3, -0.25) is 19.8 Å². The van der Waals surface area contributed by atoms with Gasteiger partial charge in [0.15, 0.2) is 5.78 Å². The Morgan fingerprint density at radius 1 is 1.18 bits per heavy atom. The molecule has 0 bridgehead atoms. The number of amides is 1. The van der Waals surface area contributed by atoms with Gasteiger partial charge in [-0.05, 0) is 49.6 Å². The summed E-state index contributed by atoms with van der Waals surface area (Å²) in [7, 11) is 1.57. The van der Waals surface area contributed by atoms with Gasteiger partial charge in [-0.25, -0.2) is 4.99 Å². The fourth-order valence-corrected chi connectivity index (χ4v) is 4.50. The Balaban J connectivity index is 1.38. The minimum Gasteiger partial charge on any atom is -0.507 e. The third-order valence-electron chi connectivity index (χ3n) is 5.67. The van der Waals surface area contributed by atoms with E-state index in [0.717, 1.165) is 12.0 Å². The van der Waals surface area contributed by atoms with Crippen LogP contribution in [0.3, 0.4) is 0 Å². The SMILES string of the molecule is CCCc1c(OCCCSN2NC=NC2NC(=O)CC(=O)OCc2ccc(OC)cc2)ccc(C(C)=O)c1O. The van der Waals surface area contributed by atoms with Crippen LogP contribution in [0.15, 0.2) is 41.4 Å². The van der Waals surface area contributed by atoms with Crippen LogP contribution in [-0.2, 0) is 27.4 Å². The second-order valence-corrected chi connectivity index (χ2v) is 9.70. The summed E-state index contributed by atoms with van der Waals surface area (Å²) in [6.07, 6.45) is 2.43. The van der Waals surface area contributed by atoms with Crippen molar-refractivity contribution in [2.24, 2.45) is 4.99 Å². The number of ketones is 1. The number of carbonyl (C=O) groups is 3. The van der Waals surface area contributed by atoms with Crippen LogP contribution in [0.4, 0.5) is 0 Å². The Kier molecular flexibility index (Phi) is 11.4. The van der Waals surface area contributed by atoms with Gasteiger partial charge in [-0.1, -0.05) is 37.4 Å². The fourth-order valence-electron chi connectivity index (χ4n) is 3.69. The van der Waals surface area contributed by atoms with Crippen molar-refractivity contribution in [3.8, 4) is 17.2 Å². The average Bonchev–Trinajstić information content (AvgIpc) is 3.35. The van der Waals surface area contributed by atoms with Gasteiger partial charge in [0.05, 0.1) is 19.3 Å². The number of ether oxygens (including phenoxy) is 3. The predicted molar refractivity (Wildman–Crippen MR) is 147 cm³/mol. The molecule has 11 nitrogen and oxygen atoms in total. The van der Waals surface area contributed by atoms with Gasteiger partial charge in [0.1, 0.15) is 36.6 Å². The van der Waals surface area contributed by atoms with E-state index in [1.165, 1.54) is 25.2 Å². The van der Waals surface area contributed by atoms with E-state index in [1.54, 1.807) is 47.9 Å². The molecule has 2 aromatic carbocycles. The molecule has 0 aromatic heterocycles. The van der Waals surface area contributed by atoms with Crippen LogP contribution in [0.1, 0.15) is 54.6 Å². The lowest BCUT2D eigenvalue weighted by Gasteiger charge is -2.22. The number of aromatic hydroxyl groups is 1. The fraction of sp³-hybridized carbons (Fsp3) is 0.407. The summed E-state index contributed by atoms with van der Waals surface area (Å²) in [6, 6.07) is 10.4. The molecule has 1 unspecified atom stereocenters. The molecule has 12 heteroatoms. The number of rotatable bonds is 15. The highest BCUT2D eigenvalue weighted by Gasteiger charge is 2.24. The summed E-state index contributed by atoms with van der Waals surface area (Å²) in [5, 5.41) is 13.2. The number of aliphatic imine (C=N–C) groups is 1. The number of nitrogens with zero attached hydrogens (tertiary/aromatic N) is 2. The molecule has 0 fully saturated rings. The lowest BCUT2D eigenvalue weighted by Crippen LogP contribution is -2.45.